The van der Waals surface area contributed by atoms with E-state index in [1.165, 1.54) is 4.90 Å². The van der Waals surface area contributed by atoms with Crippen molar-refractivity contribution in [3.63, 3.8) is 0 Å². The number of rotatable bonds is 8. The molecule has 0 saturated heterocycles. The van der Waals surface area contributed by atoms with Gasteiger partial charge in [0.2, 0.25) is 0 Å². The Hall–Kier alpha value is -2.17. The van der Waals surface area contributed by atoms with Crippen LogP contribution >= 0.6 is 0 Å². The van der Waals surface area contributed by atoms with Crippen molar-refractivity contribution in [3.05, 3.63) is 71.3 Å². The Morgan fingerprint density at radius 1 is 1.04 bits per heavy atom. The Balaban J connectivity index is 2.05. The summed E-state index contributed by atoms with van der Waals surface area (Å²) in [6.07, 6.45) is 0.197. The van der Waals surface area contributed by atoms with Gasteiger partial charge >= 0.3 is 0 Å². The fourth-order valence-corrected chi connectivity index (χ4v) is 2.60. The molecule has 0 fully saturated rings. The number of nitrogens with one attached hydrogen (secondary N) is 2. The lowest BCUT2D eigenvalue weighted by molar-refractivity contribution is -0.860. The highest BCUT2D eigenvalue weighted by molar-refractivity contribution is 5.94. The van der Waals surface area contributed by atoms with E-state index in [2.05, 4.69) is 31.5 Å². The van der Waals surface area contributed by atoms with Crippen molar-refractivity contribution < 1.29 is 14.4 Å². The van der Waals surface area contributed by atoms with Crippen LogP contribution in [0.2, 0.25) is 0 Å². The molecule has 0 radical (unpaired) electrons. The standard InChI is InChI=1S/C21H28N2O2/c1-16(2)25-15-17-10-12-19(13-11-17)21(24)22-20(14-23(3)4)18-8-6-5-7-9-18/h5-13,16,20H,14-15H2,1-4H3,(H,22,24)/p+1/t20-/m0/s1. The Morgan fingerprint density at radius 2 is 1.68 bits per heavy atom. The van der Waals surface area contributed by atoms with Gasteiger partial charge in [-0.1, -0.05) is 42.5 Å². The van der Waals surface area contributed by atoms with Gasteiger partial charge in [0, 0.05) is 5.56 Å². The highest BCUT2D eigenvalue weighted by Gasteiger charge is 2.18. The summed E-state index contributed by atoms with van der Waals surface area (Å²) < 4.78 is 5.59. The summed E-state index contributed by atoms with van der Waals surface area (Å²) in [7, 11) is 4.18. The zero-order chi connectivity index (χ0) is 18.2. The van der Waals surface area contributed by atoms with Crippen LogP contribution in [0.3, 0.4) is 0 Å². The molecule has 2 N–H and O–H groups in total. The summed E-state index contributed by atoms with van der Waals surface area (Å²) in [6, 6.07) is 17.7. The Morgan fingerprint density at radius 3 is 2.24 bits per heavy atom. The summed E-state index contributed by atoms with van der Waals surface area (Å²) in [5.41, 5.74) is 2.87. The van der Waals surface area contributed by atoms with Crippen molar-refractivity contribution in [1.82, 2.24) is 5.32 Å². The molecule has 0 saturated carbocycles. The predicted octanol–water partition coefficient (Wildman–Crippen LogP) is 2.23. The molecule has 0 aliphatic rings. The molecule has 2 rings (SSSR count). The summed E-state index contributed by atoms with van der Waals surface area (Å²) in [5.74, 6) is -0.0496. The van der Waals surface area contributed by atoms with Crippen LogP contribution in [0.15, 0.2) is 54.6 Å². The zero-order valence-electron chi connectivity index (χ0n) is 15.6. The largest absolute Gasteiger partial charge is 0.374 e. The van der Waals surface area contributed by atoms with E-state index in [1.54, 1.807) is 0 Å². The number of hydrogen-bond acceptors (Lipinski definition) is 2. The van der Waals surface area contributed by atoms with Crippen molar-refractivity contribution in [2.75, 3.05) is 20.6 Å². The summed E-state index contributed by atoms with van der Waals surface area (Å²) >= 11 is 0. The molecule has 4 nitrogen and oxygen atoms in total. The van der Waals surface area contributed by atoms with E-state index in [0.717, 1.165) is 17.7 Å². The van der Waals surface area contributed by atoms with Gasteiger partial charge in [-0.25, -0.2) is 0 Å². The highest BCUT2D eigenvalue weighted by Crippen LogP contribution is 2.13. The maximum absolute atomic E-state index is 12.6. The summed E-state index contributed by atoms with van der Waals surface area (Å²) in [4.78, 5) is 13.9. The van der Waals surface area contributed by atoms with Gasteiger partial charge in [0.1, 0.15) is 12.6 Å². The second kappa shape index (κ2) is 9.35. The molecule has 0 aromatic heterocycles. The number of benzene rings is 2. The van der Waals surface area contributed by atoms with E-state index < -0.39 is 0 Å². The molecule has 0 aliphatic heterocycles. The number of quaternary nitrogens is 1. The summed E-state index contributed by atoms with van der Waals surface area (Å²) in [6.45, 7) is 5.42. The minimum absolute atomic E-state index is 0.0114. The van der Waals surface area contributed by atoms with Crippen LogP contribution in [-0.4, -0.2) is 32.7 Å². The fourth-order valence-electron chi connectivity index (χ4n) is 2.60. The Labute approximate surface area is 150 Å². The molecular weight excluding hydrogens is 312 g/mol. The van der Waals surface area contributed by atoms with Crippen molar-refractivity contribution in [3.8, 4) is 0 Å². The third-order valence-electron chi connectivity index (χ3n) is 3.92. The zero-order valence-corrected chi connectivity index (χ0v) is 15.6. The van der Waals surface area contributed by atoms with E-state index in [-0.39, 0.29) is 18.1 Å². The quantitative estimate of drug-likeness (QED) is 0.773. The van der Waals surface area contributed by atoms with Crippen LogP contribution in [0, 0.1) is 0 Å². The average molecular weight is 341 g/mol. The second-order valence-electron chi connectivity index (χ2n) is 6.90. The number of carbonyl (C=O) groups excluding carboxylic acids is 1. The first-order valence-electron chi connectivity index (χ1n) is 8.81. The van der Waals surface area contributed by atoms with E-state index in [9.17, 15) is 4.79 Å². The van der Waals surface area contributed by atoms with Crippen LogP contribution in [0.4, 0.5) is 0 Å². The molecule has 134 valence electrons. The van der Waals surface area contributed by atoms with Gasteiger partial charge in [0.25, 0.3) is 5.91 Å². The molecule has 0 bridgehead atoms. The maximum Gasteiger partial charge on any atom is 0.251 e. The van der Waals surface area contributed by atoms with Gasteiger partial charge in [-0.15, -0.1) is 0 Å². The minimum atomic E-state index is -0.0496. The third kappa shape index (κ3) is 6.33. The van der Waals surface area contributed by atoms with Crippen molar-refractivity contribution in [2.24, 2.45) is 0 Å². The van der Waals surface area contributed by atoms with Crippen molar-refractivity contribution >= 4 is 5.91 Å². The molecule has 0 unspecified atom stereocenters. The van der Waals surface area contributed by atoms with E-state index >= 15 is 0 Å². The van der Waals surface area contributed by atoms with Crippen LogP contribution in [0.25, 0.3) is 0 Å². The van der Waals surface area contributed by atoms with Gasteiger partial charge in [-0.05, 0) is 37.1 Å². The lowest BCUT2D eigenvalue weighted by atomic mass is 10.1. The van der Waals surface area contributed by atoms with Crippen molar-refractivity contribution in [1.29, 1.82) is 0 Å². The van der Waals surface area contributed by atoms with E-state index in [4.69, 9.17) is 4.74 Å². The Bertz CT molecular complexity index is 651. The third-order valence-corrected chi connectivity index (χ3v) is 3.92. The number of likely N-dealkylation sites (N-methyl/N-ethyl adjacent to an activating group) is 1. The number of hydrogen-bond donors (Lipinski definition) is 2. The molecule has 1 atom stereocenters. The highest BCUT2D eigenvalue weighted by atomic mass is 16.5. The minimum Gasteiger partial charge on any atom is -0.374 e. The molecule has 0 heterocycles. The van der Waals surface area contributed by atoms with Crippen LogP contribution < -0.4 is 10.2 Å². The lowest BCUT2D eigenvalue weighted by Crippen LogP contribution is -3.06. The van der Waals surface area contributed by atoms with Gasteiger partial charge in [0.15, 0.2) is 0 Å². The monoisotopic (exact) mass is 341 g/mol. The maximum atomic E-state index is 12.6. The number of carbonyl (C=O) groups is 1. The predicted molar refractivity (Wildman–Crippen MR) is 101 cm³/mol. The SMILES string of the molecule is CC(C)OCc1ccc(C(=O)N[C@@H](C[NH+](C)C)c2ccccc2)cc1. The first-order valence-corrected chi connectivity index (χ1v) is 8.81. The molecule has 2 aromatic carbocycles. The number of ether oxygens (including phenoxy) is 1. The lowest BCUT2D eigenvalue weighted by Gasteiger charge is -2.21. The summed E-state index contributed by atoms with van der Waals surface area (Å²) in [5, 5.41) is 3.16. The normalized spacial score (nSPS) is 12.4. The van der Waals surface area contributed by atoms with Crippen LogP contribution in [0.1, 0.15) is 41.4 Å². The smallest absolute Gasteiger partial charge is 0.251 e. The van der Waals surface area contributed by atoms with Gasteiger partial charge in [-0.2, -0.15) is 0 Å². The first kappa shape index (κ1) is 19.2. The Kier molecular flexibility index (Phi) is 7.16. The topological polar surface area (TPSA) is 42.8 Å². The van der Waals surface area contributed by atoms with E-state index in [0.29, 0.717) is 12.2 Å². The molecule has 0 spiro atoms. The first-order chi connectivity index (χ1) is 12.0. The number of amides is 1. The fraction of sp³-hybridized carbons (Fsp3) is 0.381. The molecule has 2 aromatic rings. The van der Waals surface area contributed by atoms with Crippen molar-refractivity contribution in [2.45, 2.75) is 32.6 Å². The average Bonchev–Trinajstić information content (AvgIpc) is 2.60. The van der Waals surface area contributed by atoms with Gasteiger partial charge in [0.05, 0.1) is 26.8 Å². The molecule has 25 heavy (non-hydrogen) atoms. The van der Waals surface area contributed by atoms with Crippen LogP contribution in [0.5, 0.6) is 0 Å². The van der Waals surface area contributed by atoms with Crippen LogP contribution in [-0.2, 0) is 11.3 Å². The van der Waals surface area contributed by atoms with E-state index in [1.807, 2.05) is 56.3 Å². The molecule has 0 aliphatic carbocycles. The molecule has 1 amide bonds. The second-order valence-corrected chi connectivity index (χ2v) is 6.90. The van der Waals surface area contributed by atoms with Gasteiger partial charge in [-0.3, -0.25) is 4.79 Å². The molecular formula is C21H29N2O2+. The molecule has 4 heteroatoms. The van der Waals surface area contributed by atoms with Gasteiger partial charge < -0.3 is 15.0 Å².